The molecule has 1 atom stereocenters. The summed E-state index contributed by atoms with van der Waals surface area (Å²) in [6.07, 6.45) is 4.50. The molecule has 0 saturated carbocycles. The van der Waals surface area contributed by atoms with Crippen LogP contribution in [0.5, 0.6) is 0 Å². The maximum atomic E-state index is 12.0. The predicted octanol–water partition coefficient (Wildman–Crippen LogP) is 0.559. The summed E-state index contributed by atoms with van der Waals surface area (Å²) in [5, 5.41) is 4.93. The van der Waals surface area contributed by atoms with E-state index in [1.807, 2.05) is 12.1 Å². The molecule has 1 unspecified atom stereocenters. The minimum absolute atomic E-state index is 0.0589. The summed E-state index contributed by atoms with van der Waals surface area (Å²) in [5.41, 5.74) is 8.03. The second-order valence-electron chi connectivity index (χ2n) is 5.21. The Bertz CT molecular complexity index is 556. The van der Waals surface area contributed by atoms with Crippen molar-refractivity contribution in [3.63, 3.8) is 0 Å². The second-order valence-corrected chi connectivity index (χ2v) is 5.21. The molecule has 3 amide bonds. The van der Waals surface area contributed by atoms with Crippen LogP contribution < -0.4 is 16.4 Å². The number of amides is 3. The number of nitrogens with two attached hydrogens (primary N) is 1. The molecule has 1 saturated heterocycles. The molecule has 0 aromatic heterocycles. The Balaban J connectivity index is 2.05. The summed E-state index contributed by atoms with van der Waals surface area (Å²) in [7, 11) is 0. The fraction of sp³-hybridized carbons (Fsp3) is 0.429. The van der Waals surface area contributed by atoms with Gasteiger partial charge in [0, 0.05) is 6.54 Å². The highest BCUT2D eigenvalue weighted by molar-refractivity contribution is 6.07. The van der Waals surface area contributed by atoms with Gasteiger partial charge in [-0.2, -0.15) is 0 Å². The average Bonchev–Trinajstić information content (AvgIpc) is 2.73. The van der Waals surface area contributed by atoms with E-state index in [0.29, 0.717) is 0 Å². The quantitative estimate of drug-likeness (QED) is 0.678. The van der Waals surface area contributed by atoms with Gasteiger partial charge in [0.25, 0.3) is 5.91 Å². The zero-order valence-electron chi connectivity index (χ0n) is 10.7. The summed E-state index contributed by atoms with van der Waals surface area (Å²) in [6.45, 7) is 0.0589. The molecule has 4 N–H and O–H groups in total. The number of imide groups is 1. The lowest BCUT2D eigenvalue weighted by Crippen LogP contribution is -2.50. The minimum atomic E-state index is -1.11. The maximum Gasteiger partial charge on any atom is 0.322 e. The van der Waals surface area contributed by atoms with Gasteiger partial charge in [-0.05, 0) is 42.4 Å². The molecule has 5 nitrogen and oxygen atoms in total. The summed E-state index contributed by atoms with van der Waals surface area (Å²) in [4.78, 5) is 23.4. The largest absolute Gasteiger partial charge is 0.327 e. The summed E-state index contributed by atoms with van der Waals surface area (Å²) < 4.78 is 0. The van der Waals surface area contributed by atoms with E-state index in [0.717, 1.165) is 18.4 Å². The highest BCUT2D eigenvalue weighted by Gasteiger charge is 2.46. The molecule has 3 rings (SSSR count). The first-order valence-electron chi connectivity index (χ1n) is 6.62. The van der Waals surface area contributed by atoms with Crippen molar-refractivity contribution in [1.29, 1.82) is 0 Å². The Morgan fingerprint density at radius 3 is 2.53 bits per heavy atom. The normalized spacial score (nSPS) is 25.7. The Morgan fingerprint density at radius 1 is 1.16 bits per heavy atom. The number of urea groups is 1. The van der Waals surface area contributed by atoms with Crippen molar-refractivity contribution in [2.45, 2.75) is 31.2 Å². The molecule has 2 aliphatic rings. The van der Waals surface area contributed by atoms with Crippen molar-refractivity contribution in [3.05, 3.63) is 34.9 Å². The predicted molar refractivity (Wildman–Crippen MR) is 70.5 cm³/mol. The zero-order valence-corrected chi connectivity index (χ0v) is 10.7. The Kier molecular flexibility index (Phi) is 2.78. The number of rotatable bonds is 2. The van der Waals surface area contributed by atoms with Gasteiger partial charge in [0.15, 0.2) is 5.54 Å². The third-order valence-electron chi connectivity index (χ3n) is 4.09. The van der Waals surface area contributed by atoms with Crippen molar-refractivity contribution in [1.82, 2.24) is 10.6 Å². The number of carbonyl (C=O) groups excluding carboxylic acids is 2. The molecular weight excluding hydrogens is 242 g/mol. The third-order valence-corrected chi connectivity index (χ3v) is 4.09. The Labute approximate surface area is 111 Å². The topological polar surface area (TPSA) is 84.2 Å². The molecule has 0 radical (unpaired) electrons. The van der Waals surface area contributed by atoms with E-state index in [1.54, 1.807) is 0 Å². The first-order valence-corrected chi connectivity index (χ1v) is 6.62. The smallest absolute Gasteiger partial charge is 0.322 e. The average molecular weight is 259 g/mol. The molecule has 1 fully saturated rings. The van der Waals surface area contributed by atoms with Gasteiger partial charge in [0.2, 0.25) is 0 Å². The van der Waals surface area contributed by atoms with Crippen molar-refractivity contribution in [2.24, 2.45) is 5.73 Å². The molecule has 0 spiro atoms. The molecule has 1 aliphatic heterocycles. The number of benzene rings is 1. The van der Waals surface area contributed by atoms with Crippen LogP contribution in [0.1, 0.15) is 29.5 Å². The fourth-order valence-electron chi connectivity index (χ4n) is 2.96. The van der Waals surface area contributed by atoms with Gasteiger partial charge >= 0.3 is 6.03 Å². The van der Waals surface area contributed by atoms with Crippen molar-refractivity contribution < 1.29 is 9.59 Å². The molecule has 1 aromatic carbocycles. The minimum Gasteiger partial charge on any atom is -0.327 e. The van der Waals surface area contributed by atoms with E-state index in [1.165, 1.54) is 24.0 Å². The second kappa shape index (κ2) is 4.35. The SMILES string of the molecule is NCC1(c2ccc3c(c2)CCCC3)NC(=O)NC1=O. The molecular formula is C14H17N3O2. The van der Waals surface area contributed by atoms with Gasteiger partial charge in [-0.3, -0.25) is 10.1 Å². The van der Waals surface area contributed by atoms with Gasteiger partial charge in [-0.1, -0.05) is 18.2 Å². The highest BCUT2D eigenvalue weighted by atomic mass is 16.2. The first kappa shape index (κ1) is 12.2. The number of carbonyl (C=O) groups is 2. The van der Waals surface area contributed by atoms with E-state index in [2.05, 4.69) is 16.7 Å². The van der Waals surface area contributed by atoms with Crippen LogP contribution in [0.4, 0.5) is 4.79 Å². The van der Waals surface area contributed by atoms with Crippen LogP contribution in [0.2, 0.25) is 0 Å². The van der Waals surface area contributed by atoms with E-state index in [9.17, 15) is 9.59 Å². The molecule has 5 heteroatoms. The fourth-order valence-corrected chi connectivity index (χ4v) is 2.96. The van der Waals surface area contributed by atoms with Gasteiger partial charge in [0.05, 0.1) is 0 Å². The molecule has 100 valence electrons. The maximum absolute atomic E-state index is 12.0. The van der Waals surface area contributed by atoms with Crippen LogP contribution in [0.15, 0.2) is 18.2 Å². The monoisotopic (exact) mass is 259 g/mol. The lowest BCUT2D eigenvalue weighted by Gasteiger charge is -2.26. The summed E-state index contributed by atoms with van der Waals surface area (Å²) in [6, 6.07) is 5.50. The van der Waals surface area contributed by atoms with Crippen LogP contribution in [-0.4, -0.2) is 18.5 Å². The van der Waals surface area contributed by atoms with E-state index in [-0.39, 0.29) is 12.5 Å². The van der Waals surface area contributed by atoms with Gasteiger partial charge in [-0.25, -0.2) is 4.79 Å². The van der Waals surface area contributed by atoms with Crippen LogP contribution in [-0.2, 0) is 23.2 Å². The summed E-state index contributed by atoms with van der Waals surface area (Å²) >= 11 is 0. The number of hydrogen-bond donors (Lipinski definition) is 3. The third kappa shape index (κ3) is 1.81. The van der Waals surface area contributed by atoms with Gasteiger partial charge in [-0.15, -0.1) is 0 Å². The number of aryl methyl sites for hydroxylation is 2. The lowest BCUT2D eigenvalue weighted by atomic mass is 9.84. The van der Waals surface area contributed by atoms with Crippen LogP contribution in [0.3, 0.4) is 0 Å². The van der Waals surface area contributed by atoms with Crippen molar-refractivity contribution >= 4 is 11.9 Å². The van der Waals surface area contributed by atoms with Crippen LogP contribution in [0.25, 0.3) is 0 Å². The Morgan fingerprint density at radius 2 is 1.89 bits per heavy atom. The molecule has 19 heavy (non-hydrogen) atoms. The number of fused-ring (bicyclic) bond motifs is 1. The van der Waals surface area contributed by atoms with Crippen LogP contribution >= 0.6 is 0 Å². The highest BCUT2D eigenvalue weighted by Crippen LogP contribution is 2.29. The molecule has 1 heterocycles. The zero-order chi connectivity index (χ0) is 13.5. The number of nitrogens with one attached hydrogen (secondary N) is 2. The molecule has 0 bridgehead atoms. The number of hydrogen-bond acceptors (Lipinski definition) is 3. The molecule has 1 aromatic rings. The van der Waals surface area contributed by atoms with E-state index >= 15 is 0 Å². The van der Waals surface area contributed by atoms with Crippen molar-refractivity contribution in [3.8, 4) is 0 Å². The lowest BCUT2D eigenvalue weighted by molar-refractivity contribution is -0.123. The van der Waals surface area contributed by atoms with E-state index < -0.39 is 11.6 Å². The molecule has 1 aliphatic carbocycles. The van der Waals surface area contributed by atoms with Crippen LogP contribution in [0, 0.1) is 0 Å². The van der Waals surface area contributed by atoms with Crippen molar-refractivity contribution in [2.75, 3.05) is 6.54 Å². The Hall–Kier alpha value is -1.88. The van der Waals surface area contributed by atoms with Gasteiger partial charge in [0.1, 0.15) is 0 Å². The standard InChI is InChI=1S/C14H17N3O2/c15-8-14(12(18)16-13(19)17-14)11-6-5-9-3-1-2-4-10(9)7-11/h5-7H,1-4,8,15H2,(H2,16,17,18,19). The van der Waals surface area contributed by atoms with E-state index in [4.69, 9.17) is 5.73 Å². The van der Waals surface area contributed by atoms with Gasteiger partial charge < -0.3 is 11.1 Å². The summed E-state index contributed by atoms with van der Waals surface area (Å²) in [5.74, 6) is -0.365. The first-order chi connectivity index (χ1) is 9.15.